The van der Waals surface area contributed by atoms with E-state index in [-0.39, 0.29) is 6.04 Å². The summed E-state index contributed by atoms with van der Waals surface area (Å²) in [5.41, 5.74) is 5.44. The van der Waals surface area contributed by atoms with Crippen molar-refractivity contribution >= 4 is 6.03 Å². The van der Waals surface area contributed by atoms with Crippen LogP contribution in [0, 0.1) is 0 Å². The largest absolute Gasteiger partial charge is 0.405 e. The zero-order valence-electron chi connectivity index (χ0n) is 11.7. The van der Waals surface area contributed by atoms with E-state index in [0.29, 0.717) is 19.5 Å². The van der Waals surface area contributed by atoms with Crippen molar-refractivity contribution in [3.05, 3.63) is 0 Å². The van der Waals surface area contributed by atoms with E-state index in [0.717, 1.165) is 38.5 Å². The second kappa shape index (κ2) is 8.34. The molecule has 4 nitrogen and oxygen atoms in total. The average Bonchev–Trinajstić information content (AvgIpc) is 2.65. The lowest BCUT2D eigenvalue weighted by atomic mass is 10.1. The molecule has 0 bridgehead atoms. The summed E-state index contributed by atoms with van der Waals surface area (Å²) in [6, 6.07) is -0.583. The maximum atomic E-state index is 12.2. The predicted octanol–water partition coefficient (Wildman–Crippen LogP) is 2.63. The SMILES string of the molecule is NCCCN(C(=O)NCC(F)(F)F)C1CCCCCC1. The molecule has 1 aliphatic carbocycles. The van der Waals surface area contributed by atoms with Crippen LogP contribution in [0.3, 0.4) is 0 Å². The summed E-state index contributed by atoms with van der Waals surface area (Å²) in [6.45, 7) is -0.432. The fourth-order valence-corrected chi connectivity index (χ4v) is 2.56. The number of rotatable bonds is 5. The third-order valence-corrected chi connectivity index (χ3v) is 3.57. The lowest BCUT2D eigenvalue weighted by molar-refractivity contribution is -0.123. The van der Waals surface area contributed by atoms with Crippen molar-refractivity contribution in [2.75, 3.05) is 19.6 Å². The van der Waals surface area contributed by atoms with Gasteiger partial charge in [-0.2, -0.15) is 13.2 Å². The van der Waals surface area contributed by atoms with Crippen molar-refractivity contribution in [2.45, 2.75) is 57.2 Å². The second-order valence-electron chi connectivity index (χ2n) is 5.25. The Bertz CT molecular complexity index is 289. The molecule has 0 unspecified atom stereocenters. The van der Waals surface area contributed by atoms with Crippen LogP contribution in [0.25, 0.3) is 0 Å². The molecular weight excluding hydrogens is 271 g/mol. The lowest BCUT2D eigenvalue weighted by Crippen LogP contribution is -2.49. The highest BCUT2D eigenvalue weighted by Crippen LogP contribution is 2.22. The zero-order chi connectivity index (χ0) is 15.0. The summed E-state index contributed by atoms with van der Waals surface area (Å²) >= 11 is 0. The number of alkyl halides is 3. The molecule has 0 radical (unpaired) electrons. The monoisotopic (exact) mass is 295 g/mol. The van der Waals surface area contributed by atoms with Crippen LogP contribution in [-0.2, 0) is 0 Å². The normalized spacial score (nSPS) is 17.6. The van der Waals surface area contributed by atoms with Crippen LogP contribution in [0.2, 0.25) is 0 Å². The molecule has 1 rings (SSSR count). The van der Waals surface area contributed by atoms with Gasteiger partial charge in [-0.05, 0) is 25.8 Å². The Morgan fingerprint density at radius 2 is 1.80 bits per heavy atom. The first-order chi connectivity index (χ1) is 9.44. The Balaban J connectivity index is 2.58. The van der Waals surface area contributed by atoms with Crippen LogP contribution in [0.5, 0.6) is 0 Å². The molecule has 7 heteroatoms. The van der Waals surface area contributed by atoms with E-state index in [1.807, 2.05) is 5.32 Å². The van der Waals surface area contributed by atoms with Crippen LogP contribution >= 0.6 is 0 Å². The summed E-state index contributed by atoms with van der Waals surface area (Å²) in [5.74, 6) is 0. The summed E-state index contributed by atoms with van der Waals surface area (Å²) < 4.78 is 36.6. The van der Waals surface area contributed by atoms with Crippen LogP contribution < -0.4 is 11.1 Å². The third kappa shape index (κ3) is 6.45. The molecule has 2 amide bonds. The first-order valence-electron chi connectivity index (χ1n) is 7.25. The van der Waals surface area contributed by atoms with Crippen molar-refractivity contribution < 1.29 is 18.0 Å². The minimum Gasteiger partial charge on any atom is -0.330 e. The Morgan fingerprint density at radius 1 is 1.20 bits per heavy atom. The highest BCUT2D eigenvalue weighted by Gasteiger charge is 2.30. The molecule has 0 aromatic carbocycles. The fraction of sp³-hybridized carbons (Fsp3) is 0.923. The van der Waals surface area contributed by atoms with Gasteiger partial charge in [-0.15, -0.1) is 0 Å². The standard InChI is InChI=1S/C13H24F3N3O/c14-13(15,16)10-18-12(20)19(9-5-8-17)11-6-3-1-2-4-7-11/h11H,1-10,17H2,(H,18,20). The molecule has 0 aromatic rings. The number of nitrogens with one attached hydrogen (secondary N) is 1. The first kappa shape index (κ1) is 17.1. The Morgan fingerprint density at radius 3 is 2.30 bits per heavy atom. The van der Waals surface area contributed by atoms with E-state index in [1.165, 1.54) is 0 Å². The van der Waals surface area contributed by atoms with Gasteiger partial charge in [0.2, 0.25) is 0 Å². The van der Waals surface area contributed by atoms with Gasteiger partial charge in [-0.1, -0.05) is 25.7 Å². The van der Waals surface area contributed by atoms with Gasteiger partial charge in [0, 0.05) is 12.6 Å². The first-order valence-corrected chi connectivity index (χ1v) is 7.25. The van der Waals surface area contributed by atoms with Crippen molar-refractivity contribution in [1.82, 2.24) is 10.2 Å². The van der Waals surface area contributed by atoms with Gasteiger partial charge >= 0.3 is 12.2 Å². The average molecular weight is 295 g/mol. The van der Waals surface area contributed by atoms with Crippen molar-refractivity contribution in [1.29, 1.82) is 0 Å². The number of halogens is 3. The minimum absolute atomic E-state index is 0.0392. The number of hydrogen-bond donors (Lipinski definition) is 2. The van der Waals surface area contributed by atoms with Gasteiger partial charge < -0.3 is 16.0 Å². The highest BCUT2D eigenvalue weighted by atomic mass is 19.4. The molecule has 0 atom stereocenters. The highest BCUT2D eigenvalue weighted by molar-refractivity contribution is 5.74. The number of nitrogens with two attached hydrogens (primary N) is 1. The van der Waals surface area contributed by atoms with Gasteiger partial charge in [-0.3, -0.25) is 0 Å². The zero-order valence-corrected chi connectivity index (χ0v) is 11.7. The summed E-state index contributed by atoms with van der Waals surface area (Å²) in [6.07, 6.45) is 2.27. The Labute approximate surface area is 117 Å². The molecule has 0 heterocycles. The maximum Gasteiger partial charge on any atom is 0.405 e. The molecule has 0 aliphatic heterocycles. The number of nitrogens with zero attached hydrogens (tertiary/aromatic N) is 1. The second-order valence-corrected chi connectivity index (χ2v) is 5.25. The van der Waals surface area contributed by atoms with E-state index >= 15 is 0 Å². The van der Waals surface area contributed by atoms with Crippen LogP contribution in [0.1, 0.15) is 44.9 Å². The van der Waals surface area contributed by atoms with Gasteiger partial charge in [0.15, 0.2) is 0 Å². The van der Waals surface area contributed by atoms with Crippen molar-refractivity contribution in [3.8, 4) is 0 Å². The van der Waals surface area contributed by atoms with Crippen molar-refractivity contribution in [2.24, 2.45) is 5.73 Å². The lowest BCUT2D eigenvalue weighted by Gasteiger charge is -2.31. The molecule has 118 valence electrons. The maximum absolute atomic E-state index is 12.2. The predicted molar refractivity (Wildman–Crippen MR) is 71.3 cm³/mol. The summed E-state index contributed by atoms with van der Waals surface area (Å²) in [7, 11) is 0. The van der Waals surface area contributed by atoms with E-state index in [4.69, 9.17) is 5.73 Å². The Kier molecular flexibility index (Phi) is 7.12. The Hall–Kier alpha value is -0.980. The fourth-order valence-electron chi connectivity index (χ4n) is 2.56. The number of carbonyl (C=O) groups is 1. The quantitative estimate of drug-likeness (QED) is 0.766. The molecule has 1 saturated carbocycles. The van der Waals surface area contributed by atoms with Crippen molar-refractivity contribution in [3.63, 3.8) is 0 Å². The molecule has 1 fully saturated rings. The molecule has 0 aromatic heterocycles. The molecular formula is C13H24F3N3O. The van der Waals surface area contributed by atoms with E-state index in [9.17, 15) is 18.0 Å². The minimum atomic E-state index is -4.38. The smallest absolute Gasteiger partial charge is 0.330 e. The topological polar surface area (TPSA) is 58.4 Å². The molecule has 20 heavy (non-hydrogen) atoms. The number of hydrogen-bond acceptors (Lipinski definition) is 2. The molecule has 0 saturated heterocycles. The summed E-state index contributed by atoms with van der Waals surface area (Å²) in [4.78, 5) is 13.5. The molecule has 0 spiro atoms. The van der Waals surface area contributed by atoms with E-state index < -0.39 is 18.8 Å². The van der Waals surface area contributed by atoms with Crippen LogP contribution in [0.4, 0.5) is 18.0 Å². The number of urea groups is 1. The molecule has 1 aliphatic rings. The van der Waals surface area contributed by atoms with Crippen LogP contribution in [0.15, 0.2) is 0 Å². The summed E-state index contributed by atoms with van der Waals surface area (Å²) in [5, 5.41) is 1.97. The van der Waals surface area contributed by atoms with Gasteiger partial charge in [0.05, 0.1) is 0 Å². The molecule has 3 N–H and O–H groups in total. The van der Waals surface area contributed by atoms with Gasteiger partial charge in [-0.25, -0.2) is 4.79 Å². The number of carbonyl (C=O) groups excluding carboxylic acids is 1. The van der Waals surface area contributed by atoms with Gasteiger partial charge in [0.25, 0.3) is 0 Å². The van der Waals surface area contributed by atoms with Crippen LogP contribution in [-0.4, -0.2) is 42.8 Å². The van der Waals surface area contributed by atoms with Gasteiger partial charge in [0.1, 0.15) is 6.54 Å². The third-order valence-electron chi connectivity index (χ3n) is 3.57. The number of amides is 2. The van der Waals surface area contributed by atoms with E-state index in [1.54, 1.807) is 4.90 Å². The van der Waals surface area contributed by atoms with E-state index in [2.05, 4.69) is 0 Å².